The van der Waals surface area contributed by atoms with E-state index < -0.39 is 0 Å². The van der Waals surface area contributed by atoms with Gasteiger partial charge in [0.25, 0.3) is 0 Å². The van der Waals surface area contributed by atoms with Gasteiger partial charge in [-0.25, -0.2) is 4.99 Å². The molecule has 2 aromatic carbocycles. The molecule has 0 saturated carbocycles. The summed E-state index contributed by atoms with van der Waals surface area (Å²) in [6, 6.07) is 14.9. The minimum absolute atomic E-state index is 0. The van der Waals surface area contributed by atoms with Crippen LogP contribution in [0.5, 0.6) is 5.75 Å². The lowest BCUT2D eigenvalue weighted by molar-refractivity contribution is -0.114. The van der Waals surface area contributed by atoms with Crippen molar-refractivity contribution in [3.05, 3.63) is 59.7 Å². The third kappa shape index (κ3) is 8.00. The number of nitrogens with one attached hydrogen (secondary N) is 2. The second-order valence-electron chi connectivity index (χ2n) is 5.50. The van der Waals surface area contributed by atoms with Crippen LogP contribution in [0.15, 0.2) is 53.5 Å². The summed E-state index contributed by atoms with van der Waals surface area (Å²) in [5.41, 5.74) is 8.26. The molecule has 0 aliphatic carbocycles. The Morgan fingerprint density at radius 1 is 1.26 bits per heavy atom. The second-order valence-corrected chi connectivity index (χ2v) is 5.50. The molecule has 0 bridgehead atoms. The van der Waals surface area contributed by atoms with Crippen molar-refractivity contribution in [2.24, 2.45) is 10.7 Å². The van der Waals surface area contributed by atoms with Crippen molar-refractivity contribution in [1.29, 1.82) is 0 Å². The Hall–Kier alpha value is -2.73. The van der Waals surface area contributed by atoms with E-state index in [1.54, 1.807) is 31.4 Å². The first-order chi connectivity index (χ1) is 12.6. The summed E-state index contributed by atoms with van der Waals surface area (Å²) >= 11 is 0. The van der Waals surface area contributed by atoms with Crippen LogP contribution in [0.4, 0.5) is 5.69 Å². The summed E-state index contributed by atoms with van der Waals surface area (Å²) in [6.45, 7) is 0.551. The normalized spacial score (nSPS) is 10.3. The van der Waals surface area contributed by atoms with E-state index in [4.69, 9.17) is 16.9 Å². The van der Waals surface area contributed by atoms with Crippen molar-refractivity contribution in [2.75, 3.05) is 25.5 Å². The van der Waals surface area contributed by atoms with Crippen LogP contribution in [0.2, 0.25) is 0 Å². The number of halogens is 1. The van der Waals surface area contributed by atoms with Gasteiger partial charge >= 0.3 is 0 Å². The van der Waals surface area contributed by atoms with Crippen LogP contribution in [0.25, 0.3) is 0 Å². The number of guanidine groups is 1. The van der Waals surface area contributed by atoms with Crippen LogP contribution in [0.1, 0.15) is 11.1 Å². The van der Waals surface area contributed by atoms with Gasteiger partial charge in [-0.2, -0.15) is 0 Å². The number of benzene rings is 2. The maximum absolute atomic E-state index is 11.9. The maximum atomic E-state index is 11.9. The van der Waals surface area contributed by atoms with Gasteiger partial charge in [-0.05, 0) is 42.3 Å². The zero-order valence-corrected chi connectivity index (χ0v) is 17.4. The molecule has 0 unspecified atom stereocenters. The SMILES string of the molecule is C#Cc1cccc(NC(=O)CN=C(N)NCCc2ccc(OC)cc2)c1.I. The number of methoxy groups -OCH3 is 1. The highest BCUT2D eigenvalue weighted by Gasteiger charge is 2.02. The average molecular weight is 478 g/mol. The number of anilines is 1. The summed E-state index contributed by atoms with van der Waals surface area (Å²) in [6.07, 6.45) is 6.12. The molecule has 0 radical (unpaired) electrons. The van der Waals surface area contributed by atoms with Crippen LogP contribution < -0.4 is 21.1 Å². The first-order valence-electron chi connectivity index (χ1n) is 8.14. The third-order valence-electron chi connectivity index (χ3n) is 3.58. The summed E-state index contributed by atoms with van der Waals surface area (Å²) in [5, 5.41) is 5.72. The van der Waals surface area contributed by atoms with Crippen molar-refractivity contribution in [3.8, 4) is 18.1 Å². The Kier molecular flexibility index (Phi) is 9.75. The molecule has 0 aromatic heterocycles. The number of amides is 1. The Morgan fingerprint density at radius 3 is 2.67 bits per heavy atom. The van der Waals surface area contributed by atoms with Gasteiger partial charge in [-0.1, -0.05) is 24.1 Å². The van der Waals surface area contributed by atoms with Gasteiger partial charge < -0.3 is 21.1 Å². The highest BCUT2D eigenvalue weighted by atomic mass is 127. The second kappa shape index (κ2) is 11.8. The Bertz CT molecular complexity index is 813. The first kappa shape index (κ1) is 22.3. The minimum atomic E-state index is -0.265. The van der Waals surface area contributed by atoms with E-state index in [-0.39, 0.29) is 42.4 Å². The van der Waals surface area contributed by atoms with E-state index in [1.807, 2.05) is 24.3 Å². The first-order valence-corrected chi connectivity index (χ1v) is 8.14. The van der Waals surface area contributed by atoms with Crippen molar-refractivity contribution in [1.82, 2.24) is 5.32 Å². The van der Waals surface area contributed by atoms with E-state index in [2.05, 4.69) is 21.5 Å². The standard InChI is InChI=1S/C20H22N4O2.HI/c1-3-15-5-4-6-17(13-15)24-19(25)14-23-20(21)22-12-11-16-7-9-18(26-2)10-8-16;/h1,4-10,13H,11-12,14H2,2H3,(H,24,25)(H3,21,22,23);1H. The van der Waals surface area contributed by atoms with E-state index in [1.165, 1.54) is 0 Å². The molecule has 0 atom stereocenters. The molecule has 0 aliphatic heterocycles. The fraction of sp³-hybridized carbons (Fsp3) is 0.200. The van der Waals surface area contributed by atoms with Crippen molar-refractivity contribution >= 4 is 41.5 Å². The van der Waals surface area contributed by atoms with Gasteiger partial charge in [-0.3, -0.25) is 4.79 Å². The number of hydrogen-bond acceptors (Lipinski definition) is 3. The van der Waals surface area contributed by atoms with Gasteiger partial charge in [0, 0.05) is 17.8 Å². The van der Waals surface area contributed by atoms with Crippen LogP contribution in [0, 0.1) is 12.3 Å². The smallest absolute Gasteiger partial charge is 0.246 e. The highest BCUT2D eigenvalue weighted by molar-refractivity contribution is 14.0. The van der Waals surface area contributed by atoms with Crippen molar-refractivity contribution in [3.63, 3.8) is 0 Å². The molecule has 0 heterocycles. The van der Waals surface area contributed by atoms with Crippen LogP contribution in [-0.2, 0) is 11.2 Å². The van der Waals surface area contributed by atoms with E-state index in [0.29, 0.717) is 17.8 Å². The van der Waals surface area contributed by atoms with Gasteiger partial charge in [-0.15, -0.1) is 30.4 Å². The number of carbonyl (C=O) groups excluding carboxylic acids is 1. The number of hydrogen-bond donors (Lipinski definition) is 3. The maximum Gasteiger partial charge on any atom is 0.246 e. The fourth-order valence-electron chi connectivity index (χ4n) is 2.23. The van der Waals surface area contributed by atoms with E-state index in [9.17, 15) is 4.79 Å². The minimum Gasteiger partial charge on any atom is -0.497 e. The third-order valence-corrected chi connectivity index (χ3v) is 3.58. The number of aliphatic imine (C=N–C) groups is 1. The molecule has 142 valence electrons. The van der Waals surface area contributed by atoms with Gasteiger partial charge in [0.15, 0.2) is 5.96 Å². The number of nitrogens with zero attached hydrogens (tertiary/aromatic N) is 1. The number of nitrogens with two attached hydrogens (primary N) is 1. The topological polar surface area (TPSA) is 88.7 Å². The molecule has 0 saturated heterocycles. The molecule has 7 heteroatoms. The lowest BCUT2D eigenvalue weighted by Crippen LogP contribution is -2.34. The molecular formula is C20H23IN4O2. The number of carbonyl (C=O) groups is 1. The number of rotatable bonds is 7. The zero-order valence-electron chi connectivity index (χ0n) is 15.1. The number of ether oxygens (including phenoxy) is 1. The molecule has 2 aromatic rings. The molecule has 0 fully saturated rings. The predicted molar refractivity (Wildman–Crippen MR) is 120 cm³/mol. The Labute approximate surface area is 176 Å². The zero-order chi connectivity index (χ0) is 18.8. The van der Waals surface area contributed by atoms with Crippen LogP contribution >= 0.6 is 24.0 Å². The highest BCUT2D eigenvalue weighted by Crippen LogP contribution is 2.11. The molecular weight excluding hydrogens is 455 g/mol. The van der Waals surface area contributed by atoms with Crippen LogP contribution in [0.3, 0.4) is 0 Å². The monoisotopic (exact) mass is 478 g/mol. The molecule has 1 amide bonds. The largest absolute Gasteiger partial charge is 0.497 e. The summed E-state index contributed by atoms with van der Waals surface area (Å²) in [4.78, 5) is 15.9. The predicted octanol–water partition coefficient (Wildman–Crippen LogP) is 2.38. The molecule has 27 heavy (non-hydrogen) atoms. The van der Waals surface area contributed by atoms with Crippen molar-refractivity contribution < 1.29 is 9.53 Å². The fourth-order valence-corrected chi connectivity index (χ4v) is 2.23. The lowest BCUT2D eigenvalue weighted by atomic mass is 10.1. The van der Waals surface area contributed by atoms with Crippen molar-refractivity contribution in [2.45, 2.75) is 6.42 Å². The molecule has 4 N–H and O–H groups in total. The summed E-state index contributed by atoms with van der Waals surface area (Å²) in [7, 11) is 1.63. The van der Waals surface area contributed by atoms with Gasteiger partial charge in [0.1, 0.15) is 12.3 Å². The van der Waals surface area contributed by atoms with Crippen LogP contribution in [-0.4, -0.2) is 32.1 Å². The van der Waals surface area contributed by atoms with Gasteiger partial charge in [0.2, 0.25) is 5.91 Å². The van der Waals surface area contributed by atoms with E-state index in [0.717, 1.165) is 17.7 Å². The van der Waals surface area contributed by atoms with E-state index >= 15 is 0 Å². The Morgan fingerprint density at radius 2 is 2.00 bits per heavy atom. The molecule has 2 rings (SSSR count). The molecule has 6 nitrogen and oxygen atoms in total. The number of terminal acetylenes is 1. The molecule has 0 spiro atoms. The van der Waals surface area contributed by atoms with Gasteiger partial charge in [0.05, 0.1) is 7.11 Å². The summed E-state index contributed by atoms with van der Waals surface area (Å²) < 4.78 is 5.12. The Balaban J connectivity index is 0.00000364. The lowest BCUT2D eigenvalue weighted by Gasteiger charge is -2.07. The summed E-state index contributed by atoms with van der Waals surface area (Å²) in [5.74, 6) is 3.30. The quantitative estimate of drug-likeness (QED) is 0.247. The molecule has 0 aliphatic rings. The average Bonchev–Trinajstić information content (AvgIpc) is 2.67.